The summed E-state index contributed by atoms with van der Waals surface area (Å²) in [5, 5.41) is 2.55. The molecule has 2 amide bonds. The van der Waals surface area contributed by atoms with E-state index in [-0.39, 0.29) is 12.5 Å². The molecule has 0 bridgehead atoms. The maximum Gasteiger partial charge on any atom is 0.304 e. The zero-order chi connectivity index (χ0) is 23.2. The Balaban J connectivity index is 2.42. The highest BCUT2D eigenvalue weighted by atomic mass is 79.9. The molecule has 10 heteroatoms. The summed E-state index contributed by atoms with van der Waals surface area (Å²) in [6.07, 6.45) is 0. The number of rotatable bonds is 9. The zero-order valence-corrected chi connectivity index (χ0v) is 20.4. The van der Waals surface area contributed by atoms with Crippen molar-refractivity contribution in [3.05, 3.63) is 64.6 Å². The summed E-state index contributed by atoms with van der Waals surface area (Å²) < 4.78 is 28.8. The number of hydrogen-bond acceptors (Lipinski definition) is 4. The molecule has 2 rings (SSSR count). The highest BCUT2D eigenvalue weighted by Gasteiger charge is 2.32. The van der Waals surface area contributed by atoms with Gasteiger partial charge in [0.1, 0.15) is 12.6 Å². The fourth-order valence-electron chi connectivity index (χ4n) is 2.93. The smallest absolute Gasteiger partial charge is 0.304 e. The van der Waals surface area contributed by atoms with Crippen molar-refractivity contribution >= 4 is 43.6 Å². The van der Waals surface area contributed by atoms with E-state index in [2.05, 4.69) is 21.2 Å². The van der Waals surface area contributed by atoms with Crippen molar-refractivity contribution in [2.75, 3.05) is 32.0 Å². The van der Waals surface area contributed by atoms with Crippen LogP contribution in [0.4, 0.5) is 5.69 Å². The molecule has 1 N–H and O–H groups in total. The lowest BCUT2D eigenvalue weighted by atomic mass is 10.1. The number of halogens is 1. The van der Waals surface area contributed by atoms with Gasteiger partial charge >= 0.3 is 10.2 Å². The van der Waals surface area contributed by atoms with Gasteiger partial charge in [0.25, 0.3) is 0 Å². The molecule has 2 aromatic carbocycles. The van der Waals surface area contributed by atoms with Gasteiger partial charge in [0.05, 0.1) is 5.69 Å². The van der Waals surface area contributed by atoms with E-state index in [1.807, 2.05) is 24.3 Å². The summed E-state index contributed by atoms with van der Waals surface area (Å²) in [5.41, 5.74) is 1.17. The summed E-state index contributed by atoms with van der Waals surface area (Å²) in [7, 11) is 0.363. The second kappa shape index (κ2) is 10.7. The van der Waals surface area contributed by atoms with Crippen LogP contribution >= 0.6 is 15.9 Å². The van der Waals surface area contributed by atoms with Gasteiger partial charge in [0.2, 0.25) is 11.8 Å². The first-order valence-electron chi connectivity index (χ1n) is 9.58. The molecule has 0 aliphatic heterocycles. The third-order valence-electron chi connectivity index (χ3n) is 4.72. The lowest BCUT2D eigenvalue weighted by molar-refractivity contribution is -0.139. The van der Waals surface area contributed by atoms with E-state index < -0.39 is 28.7 Å². The first-order chi connectivity index (χ1) is 14.6. The van der Waals surface area contributed by atoms with Crippen LogP contribution in [0, 0.1) is 0 Å². The highest BCUT2D eigenvalue weighted by Crippen LogP contribution is 2.21. The fraction of sp³-hybridized carbons (Fsp3) is 0.333. The standard InChI is InChI=1S/C21H27BrN4O4S/c1-16(21(28)23-2)25(14-17-9-8-10-18(22)13-17)20(27)15-26(31(29,30)24(3)4)19-11-6-5-7-12-19/h5-13,16H,14-15H2,1-4H3,(H,23,28)/t16-/m0/s1. The van der Waals surface area contributed by atoms with Gasteiger partial charge in [0.15, 0.2) is 0 Å². The lowest BCUT2D eigenvalue weighted by Gasteiger charge is -2.32. The van der Waals surface area contributed by atoms with Crippen molar-refractivity contribution in [1.82, 2.24) is 14.5 Å². The Bertz CT molecular complexity index is 1020. The van der Waals surface area contributed by atoms with Gasteiger partial charge in [-0.2, -0.15) is 12.7 Å². The third kappa shape index (κ3) is 6.28. The Kier molecular flexibility index (Phi) is 8.60. The molecule has 0 spiro atoms. The first kappa shape index (κ1) is 24.8. The van der Waals surface area contributed by atoms with Crippen LogP contribution in [0.25, 0.3) is 0 Å². The SMILES string of the molecule is CNC(=O)[C@H](C)N(Cc1cccc(Br)c1)C(=O)CN(c1ccccc1)S(=O)(=O)N(C)C. The average Bonchev–Trinajstić information content (AvgIpc) is 2.75. The van der Waals surface area contributed by atoms with E-state index >= 15 is 0 Å². The van der Waals surface area contributed by atoms with Gasteiger partial charge in [-0.15, -0.1) is 0 Å². The molecule has 0 aliphatic carbocycles. The molecule has 2 aromatic rings. The molecule has 0 saturated heterocycles. The number of benzene rings is 2. The number of amides is 2. The number of carbonyl (C=O) groups is 2. The second-order valence-corrected chi connectivity index (χ2v) is 10.1. The summed E-state index contributed by atoms with van der Waals surface area (Å²) in [6, 6.07) is 15.0. The molecule has 0 fully saturated rings. The van der Waals surface area contributed by atoms with Gasteiger partial charge in [-0.05, 0) is 36.8 Å². The summed E-state index contributed by atoms with van der Waals surface area (Å²) in [6.45, 7) is 1.32. The second-order valence-electron chi connectivity index (χ2n) is 7.07. The van der Waals surface area contributed by atoms with Crippen LogP contribution in [0.5, 0.6) is 0 Å². The molecular formula is C21H27BrN4O4S. The topological polar surface area (TPSA) is 90.0 Å². The fourth-order valence-corrected chi connectivity index (χ4v) is 4.44. The Morgan fingerprint density at radius 2 is 1.71 bits per heavy atom. The molecule has 0 radical (unpaired) electrons. The molecule has 0 aromatic heterocycles. The molecule has 168 valence electrons. The number of hydrogen-bond donors (Lipinski definition) is 1. The number of nitrogens with zero attached hydrogens (tertiary/aromatic N) is 3. The van der Waals surface area contributed by atoms with Crippen LogP contribution < -0.4 is 9.62 Å². The van der Waals surface area contributed by atoms with E-state index in [4.69, 9.17) is 0 Å². The van der Waals surface area contributed by atoms with Crippen LogP contribution in [0.1, 0.15) is 12.5 Å². The van der Waals surface area contributed by atoms with E-state index in [1.54, 1.807) is 37.3 Å². The van der Waals surface area contributed by atoms with Gasteiger partial charge < -0.3 is 10.2 Å². The van der Waals surface area contributed by atoms with Crippen molar-refractivity contribution in [3.63, 3.8) is 0 Å². The minimum absolute atomic E-state index is 0.150. The molecular weight excluding hydrogens is 484 g/mol. The zero-order valence-electron chi connectivity index (χ0n) is 17.9. The van der Waals surface area contributed by atoms with Crippen molar-refractivity contribution < 1.29 is 18.0 Å². The molecule has 31 heavy (non-hydrogen) atoms. The maximum atomic E-state index is 13.4. The van der Waals surface area contributed by atoms with Crippen LogP contribution in [0.2, 0.25) is 0 Å². The maximum absolute atomic E-state index is 13.4. The molecule has 0 saturated carbocycles. The minimum Gasteiger partial charge on any atom is -0.357 e. The van der Waals surface area contributed by atoms with E-state index in [0.29, 0.717) is 5.69 Å². The van der Waals surface area contributed by atoms with Gasteiger partial charge in [-0.25, -0.2) is 4.31 Å². The van der Waals surface area contributed by atoms with Gasteiger partial charge in [-0.1, -0.05) is 46.3 Å². The molecule has 0 heterocycles. The lowest BCUT2D eigenvalue weighted by Crippen LogP contribution is -2.52. The van der Waals surface area contributed by atoms with Crippen LogP contribution in [0.15, 0.2) is 59.1 Å². The quantitative estimate of drug-likeness (QED) is 0.559. The van der Waals surface area contributed by atoms with Gasteiger partial charge in [0, 0.05) is 32.2 Å². The highest BCUT2D eigenvalue weighted by molar-refractivity contribution is 9.10. The van der Waals surface area contributed by atoms with Crippen molar-refractivity contribution in [1.29, 1.82) is 0 Å². The summed E-state index contributed by atoms with van der Waals surface area (Å²) >= 11 is 3.41. The Morgan fingerprint density at radius 1 is 1.06 bits per heavy atom. The molecule has 0 unspecified atom stereocenters. The van der Waals surface area contributed by atoms with Crippen molar-refractivity contribution in [2.24, 2.45) is 0 Å². The Labute approximate surface area is 192 Å². The number of anilines is 1. The van der Waals surface area contributed by atoms with Crippen LogP contribution in [0.3, 0.4) is 0 Å². The molecule has 1 atom stereocenters. The third-order valence-corrected chi connectivity index (χ3v) is 7.03. The summed E-state index contributed by atoms with van der Waals surface area (Å²) in [4.78, 5) is 27.1. The van der Waals surface area contributed by atoms with Crippen molar-refractivity contribution in [3.8, 4) is 0 Å². The van der Waals surface area contributed by atoms with E-state index in [0.717, 1.165) is 18.6 Å². The van der Waals surface area contributed by atoms with E-state index in [9.17, 15) is 18.0 Å². The Hall–Kier alpha value is -2.43. The number of likely N-dealkylation sites (N-methyl/N-ethyl adjacent to an activating group) is 1. The van der Waals surface area contributed by atoms with Crippen LogP contribution in [-0.2, 0) is 26.3 Å². The van der Waals surface area contributed by atoms with Crippen molar-refractivity contribution in [2.45, 2.75) is 19.5 Å². The minimum atomic E-state index is -3.94. The monoisotopic (exact) mass is 510 g/mol. The molecule has 0 aliphatic rings. The predicted octanol–water partition coefficient (Wildman–Crippen LogP) is 2.23. The largest absolute Gasteiger partial charge is 0.357 e. The normalized spacial score (nSPS) is 12.3. The Morgan fingerprint density at radius 3 is 2.26 bits per heavy atom. The number of carbonyl (C=O) groups excluding carboxylic acids is 2. The van der Waals surface area contributed by atoms with E-state index in [1.165, 1.54) is 26.0 Å². The number of nitrogens with one attached hydrogen (secondary N) is 1. The van der Waals surface area contributed by atoms with Crippen LogP contribution in [-0.4, -0.2) is 63.2 Å². The predicted molar refractivity (Wildman–Crippen MR) is 125 cm³/mol. The summed E-state index contributed by atoms with van der Waals surface area (Å²) in [5.74, 6) is -0.838. The first-order valence-corrected chi connectivity index (χ1v) is 11.8. The molecule has 8 nitrogen and oxygen atoms in total. The average molecular weight is 511 g/mol. The van der Waals surface area contributed by atoms with Gasteiger partial charge in [-0.3, -0.25) is 9.59 Å². The number of para-hydroxylation sites is 1.